The average Bonchev–Trinajstić information content (AvgIpc) is 2.90. The molecule has 0 radical (unpaired) electrons. The highest BCUT2D eigenvalue weighted by Crippen LogP contribution is 2.22. The second-order valence-corrected chi connectivity index (χ2v) is 7.30. The van der Waals surface area contributed by atoms with Crippen LogP contribution in [0.4, 0.5) is 0 Å². The summed E-state index contributed by atoms with van der Waals surface area (Å²) in [5.41, 5.74) is 0.942. The summed E-state index contributed by atoms with van der Waals surface area (Å²) in [5.74, 6) is -0.165. The summed E-state index contributed by atoms with van der Waals surface area (Å²) in [6, 6.07) is 4.39. The maximum absolute atomic E-state index is 12.3. The fraction of sp³-hybridized carbons (Fsp3) is 0.462. The number of rotatable bonds is 4. The van der Waals surface area contributed by atoms with Gasteiger partial charge in [-0.15, -0.1) is 0 Å². The Labute approximate surface area is 122 Å². The fourth-order valence-electron chi connectivity index (χ4n) is 2.28. The van der Waals surface area contributed by atoms with Gasteiger partial charge in [-0.2, -0.15) is 0 Å². The number of benzene rings is 1. The van der Waals surface area contributed by atoms with E-state index in [0.29, 0.717) is 24.2 Å². The van der Waals surface area contributed by atoms with E-state index in [0.717, 1.165) is 12.8 Å². The number of hydrogen-bond acceptors (Lipinski definition) is 4. The number of ether oxygens (including phenoxy) is 1. The van der Waals surface area contributed by atoms with Gasteiger partial charge in [0, 0.05) is 36.4 Å². The number of nitrogens with zero attached hydrogens (tertiary/aromatic N) is 1. The van der Waals surface area contributed by atoms with E-state index in [9.17, 15) is 13.2 Å². The van der Waals surface area contributed by atoms with Gasteiger partial charge in [-0.25, -0.2) is 8.42 Å². The molecule has 0 spiro atoms. The average molecular weight is 318 g/mol. The van der Waals surface area contributed by atoms with Gasteiger partial charge in [-0.05, 0) is 36.6 Å². The van der Waals surface area contributed by atoms with E-state index in [1.807, 2.05) is 0 Å². The van der Waals surface area contributed by atoms with Crippen LogP contribution >= 0.6 is 10.7 Å². The minimum atomic E-state index is -3.88. The molecule has 0 aromatic heterocycles. The molecule has 1 saturated heterocycles. The Morgan fingerprint density at radius 3 is 2.50 bits per heavy atom. The van der Waals surface area contributed by atoms with Crippen LogP contribution in [0, 0.1) is 0 Å². The number of likely N-dealkylation sites (tertiary alicyclic amines) is 1. The summed E-state index contributed by atoms with van der Waals surface area (Å²) in [7, 11) is 3.00. The zero-order valence-electron chi connectivity index (χ0n) is 11.1. The predicted molar refractivity (Wildman–Crippen MR) is 75.3 cm³/mol. The van der Waals surface area contributed by atoms with Crippen LogP contribution < -0.4 is 0 Å². The van der Waals surface area contributed by atoms with Crippen molar-refractivity contribution >= 4 is 25.6 Å². The number of hydrogen-bond donors (Lipinski definition) is 0. The molecule has 7 heteroatoms. The van der Waals surface area contributed by atoms with Crippen LogP contribution in [0.15, 0.2) is 23.1 Å². The lowest BCUT2D eigenvalue weighted by atomic mass is 10.1. The lowest BCUT2D eigenvalue weighted by Crippen LogP contribution is -2.27. The van der Waals surface area contributed by atoms with Crippen LogP contribution in [-0.4, -0.2) is 39.4 Å². The largest absolute Gasteiger partial charge is 0.380 e. The van der Waals surface area contributed by atoms with Crippen molar-refractivity contribution < 1.29 is 17.9 Å². The maximum atomic E-state index is 12.3. The standard InChI is InChI=1S/C13H16ClNO4S/c1-19-9-10-6-11(8-12(7-10)20(14,17)18)13(16)15-4-2-3-5-15/h6-8H,2-5,9H2,1H3. The second-order valence-electron chi connectivity index (χ2n) is 4.74. The molecule has 0 aliphatic carbocycles. The van der Waals surface area contributed by atoms with Crippen molar-refractivity contribution in [3.63, 3.8) is 0 Å². The number of amides is 1. The first-order valence-electron chi connectivity index (χ1n) is 6.28. The molecular weight excluding hydrogens is 302 g/mol. The molecule has 1 aromatic rings. The van der Waals surface area contributed by atoms with Crippen LogP contribution in [-0.2, 0) is 20.4 Å². The molecule has 2 rings (SSSR count). The van der Waals surface area contributed by atoms with E-state index in [1.165, 1.54) is 19.2 Å². The molecule has 1 heterocycles. The molecule has 20 heavy (non-hydrogen) atoms. The van der Waals surface area contributed by atoms with Crippen molar-refractivity contribution in [3.05, 3.63) is 29.3 Å². The van der Waals surface area contributed by atoms with Crippen molar-refractivity contribution in [2.45, 2.75) is 24.3 Å². The maximum Gasteiger partial charge on any atom is 0.261 e. The molecule has 5 nitrogen and oxygen atoms in total. The summed E-state index contributed by atoms with van der Waals surface area (Å²) in [4.78, 5) is 14.0. The van der Waals surface area contributed by atoms with Crippen molar-refractivity contribution in [3.8, 4) is 0 Å². The first kappa shape index (κ1) is 15.3. The summed E-state index contributed by atoms with van der Waals surface area (Å²) in [6.45, 7) is 1.63. The third-order valence-electron chi connectivity index (χ3n) is 3.20. The van der Waals surface area contributed by atoms with Gasteiger partial charge in [0.2, 0.25) is 0 Å². The summed E-state index contributed by atoms with van der Waals surface area (Å²) in [6.07, 6.45) is 1.95. The Bertz CT molecular complexity index is 609. The van der Waals surface area contributed by atoms with Crippen molar-refractivity contribution in [1.29, 1.82) is 0 Å². The number of carbonyl (C=O) groups is 1. The first-order chi connectivity index (χ1) is 9.41. The zero-order chi connectivity index (χ0) is 14.8. The Kier molecular flexibility index (Phi) is 4.67. The van der Waals surface area contributed by atoms with Crippen molar-refractivity contribution in [2.75, 3.05) is 20.2 Å². The normalized spacial score (nSPS) is 15.6. The number of carbonyl (C=O) groups excluding carboxylic acids is 1. The fourth-order valence-corrected chi connectivity index (χ4v) is 3.10. The Balaban J connectivity index is 2.40. The van der Waals surface area contributed by atoms with Crippen molar-refractivity contribution in [1.82, 2.24) is 4.90 Å². The third-order valence-corrected chi connectivity index (χ3v) is 4.53. The van der Waals surface area contributed by atoms with E-state index in [2.05, 4.69) is 0 Å². The van der Waals surface area contributed by atoms with Crippen LogP contribution in [0.2, 0.25) is 0 Å². The molecule has 1 aromatic carbocycles. The molecule has 0 unspecified atom stereocenters. The molecule has 110 valence electrons. The molecule has 0 N–H and O–H groups in total. The Hall–Kier alpha value is -1.11. The van der Waals surface area contributed by atoms with Gasteiger partial charge in [0.05, 0.1) is 11.5 Å². The molecule has 1 fully saturated rings. The van der Waals surface area contributed by atoms with Gasteiger partial charge in [-0.3, -0.25) is 4.79 Å². The molecule has 1 aliphatic heterocycles. The van der Waals surface area contributed by atoms with Gasteiger partial charge >= 0.3 is 0 Å². The predicted octanol–water partition coefficient (Wildman–Crippen LogP) is 2.00. The summed E-state index contributed by atoms with van der Waals surface area (Å²) < 4.78 is 28.0. The summed E-state index contributed by atoms with van der Waals surface area (Å²) in [5, 5.41) is 0. The molecule has 0 atom stereocenters. The minimum absolute atomic E-state index is 0.0729. The van der Waals surface area contributed by atoms with E-state index < -0.39 is 9.05 Å². The number of halogens is 1. The van der Waals surface area contributed by atoms with E-state index in [4.69, 9.17) is 15.4 Å². The third kappa shape index (κ3) is 3.50. The molecule has 1 aliphatic rings. The lowest BCUT2D eigenvalue weighted by molar-refractivity contribution is 0.0792. The quantitative estimate of drug-likeness (QED) is 0.797. The first-order valence-corrected chi connectivity index (χ1v) is 8.59. The monoisotopic (exact) mass is 317 g/mol. The highest BCUT2D eigenvalue weighted by atomic mass is 35.7. The van der Waals surface area contributed by atoms with E-state index in [-0.39, 0.29) is 17.4 Å². The van der Waals surface area contributed by atoms with E-state index >= 15 is 0 Å². The Morgan fingerprint density at radius 2 is 1.95 bits per heavy atom. The lowest BCUT2D eigenvalue weighted by Gasteiger charge is -2.16. The van der Waals surface area contributed by atoms with Gasteiger partial charge < -0.3 is 9.64 Å². The van der Waals surface area contributed by atoms with Crippen LogP contribution in [0.25, 0.3) is 0 Å². The van der Waals surface area contributed by atoms with Crippen LogP contribution in [0.3, 0.4) is 0 Å². The van der Waals surface area contributed by atoms with Gasteiger partial charge in [-0.1, -0.05) is 0 Å². The van der Waals surface area contributed by atoms with E-state index in [1.54, 1.807) is 11.0 Å². The molecule has 1 amide bonds. The molecule has 0 bridgehead atoms. The van der Waals surface area contributed by atoms with Gasteiger partial charge in [0.25, 0.3) is 15.0 Å². The van der Waals surface area contributed by atoms with Crippen LogP contribution in [0.1, 0.15) is 28.8 Å². The number of methoxy groups -OCH3 is 1. The summed E-state index contributed by atoms with van der Waals surface area (Å²) >= 11 is 0. The van der Waals surface area contributed by atoms with Gasteiger partial charge in [0.15, 0.2) is 0 Å². The highest BCUT2D eigenvalue weighted by molar-refractivity contribution is 8.13. The van der Waals surface area contributed by atoms with Crippen LogP contribution in [0.5, 0.6) is 0 Å². The van der Waals surface area contributed by atoms with Crippen molar-refractivity contribution in [2.24, 2.45) is 0 Å². The Morgan fingerprint density at radius 1 is 1.30 bits per heavy atom. The van der Waals surface area contributed by atoms with Gasteiger partial charge in [0.1, 0.15) is 0 Å². The second kappa shape index (κ2) is 6.11. The zero-order valence-corrected chi connectivity index (χ0v) is 12.7. The SMILES string of the molecule is COCc1cc(C(=O)N2CCCC2)cc(S(=O)(=O)Cl)c1. The topological polar surface area (TPSA) is 63.7 Å². The smallest absolute Gasteiger partial charge is 0.261 e. The highest BCUT2D eigenvalue weighted by Gasteiger charge is 2.22. The molecule has 0 saturated carbocycles. The molecular formula is C13H16ClNO4S. The minimum Gasteiger partial charge on any atom is -0.380 e.